The third-order valence-electron chi connectivity index (χ3n) is 3.91. The number of rotatable bonds is 6. The van der Waals surface area contributed by atoms with Crippen LogP contribution in [0.2, 0.25) is 0 Å². The molecule has 152 valence electrons. The molecule has 0 radical (unpaired) electrons. The summed E-state index contributed by atoms with van der Waals surface area (Å²) in [5, 5.41) is 30.4. The van der Waals surface area contributed by atoms with Crippen LogP contribution in [0.1, 0.15) is 10.4 Å². The number of hydrogen-bond donors (Lipinski definition) is 4. The van der Waals surface area contributed by atoms with Gasteiger partial charge in [-0.1, -0.05) is 18.2 Å². The molecule has 27 heavy (non-hydrogen) atoms. The molecule has 3 atom stereocenters. The number of amides is 1. The lowest BCUT2D eigenvalue weighted by Gasteiger charge is -2.29. The molecule has 1 aliphatic rings. The van der Waals surface area contributed by atoms with E-state index in [9.17, 15) is 41.8 Å². The van der Waals surface area contributed by atoms with Crippen LogP contribution in [0.25, 0.3) is 0 Å². The van der Waals surface area contributed by atoms with E-state index in [0.29, 0.717) is 0 Å². The highest BCUT2D eigenvalue weighted by molar-refractivity contribution is 7.90. The summed E-state index contributed by atoms with van der Waals surface area (Å²) in [4.78, 5) is 12.1. The molecular formula is C14H17F3N2O7S. The lowest BCUT2D eigenvalue weighted by Crippen LogP contribution is -2.54. The van der Waals surface area contributed by atoms with Crippen molar-refractivity contribution in [2.75, 3.05) is 19.7 Å². The first kappa shape index (κ1) is 21.5. The minimum Gasteiger partial charge on any atom is -0.387 e. The van der Waals surface area contributed by atoms with Gasteiger partial charge in [-0.15, -0.1) is 0 Å². The normalized spacial score (nSPS) is 26.1. The Hall–Kier alpha value is -1.77. The van der Waals surface area contributed by atoms with E-state index in [0.717, 1.165) is 0 Å². The Kier molecular flexibility index (Phi) is 6.13. The lowest BCUT2D eigenvalue weighted by molar-refractivity contribution is -0.133. The standard InChI is InChI=1S/C14H17F3N2O7S/c15-14(16,17)27(24,25)18-6-10-11(20)13(22,8-26-10)7-19(23)12(21)9-4-2-1-3-5-9/h1-5,10-11,18,20,22-23H,6-8H2/t10-,11-,13+/m1/s1. The number of alkyl halides is 3. The summed E-state index contributed by atoms with van der Waals surface area (Å²) in [7, 11) is -5.66. The van der Waals surface area contributed by atoms with E-state index in [-0.39, 0.29) is 10.6 Å². The largest absolute Gasteiger partial charge is 0.511 e. The van der Waals surface area contributed by atoms with Crippen molar-refractivity contribution in [3.05, 3.63) is 35.9 Å². The highest BCUT2D eigenvalue weighted by Gasteiger charge is 2.51. The van der Waals surface area contributed by atoms with Gasteiger partial charge >= 0.3 is 15.5 Å². The van der Waals surface area contributed by atoms with Gasteiger partial charge in [-0.05, 0) is 12.1 Å². The zero-order valence-electron chi connectivity index (χ0n) is 13.6. The highest BCUT2D eigenvalue weighted by atomic mass is 32.2. The average molecular weight is 414 g/mol. The molecule has 9 nitrogen and oxygen atoms in total. The third-order valence-corrected chi connectivity index (χ3v) is 5.06. The molecule has 1 amide bonds. The van der Waals surface area contributed by atoms with Crippen LogP contribution in [0.3, 0.4) is 0 Å². The summed E-state index contributed by atoms with van der Waals surface area (Å²) in [6, 6.07) is 7.49. The quantitative estimate of drug-likeness (QED) is 0.362. The number of carbonyl (C=O) groups is 1. The predicted octanol–water partition coefficient (Wildman–Crippen LogP) is -0.552. The minimum absolute atomic E-state index is 0.0893. The van der Waals surface area contributed by atoms with Gasteiger partial charge in [-0.3, -0.25) is 10.0 Å². The van der Waals surface area contributed by atoms with E-state index in [1.165, 1.54) is 29.0 Å². The van der Waals surface area contributed by atoms with E-state index in [2.05, 4.69) is 0 Å². The molecule has 2 rings (SSSR count). The number of benzene rings is 1. The fraction of sp³-hybridized carbons (Fsp3) is 0.500. The lowest BCUT2D eigenvalue weighted by atomic mass is 9.96. The second-order valence-electron chi connectivity index (χ2n) is 5.92. The summed E-state index contributed by atoms with van der Waals surface area (Å²) in [6.45, 7) is -2.43. The SMILES string of the molecule is O=C(c1ccccc1)N(O)C[C@]1(O)CO[C@H](CNS(=O)(=O)C(F)(F)F)[C@H]1O. The van der Waals surface area contributed by atoms with Crippen molar-refractivity contribution in [3.8, 4) is 0 Å². The van der Waals surface area contributed by atoms with Gasteiger partial charge in [0, 0.05) is 12.1 Å². The second kappa shape index (κ2) is 7.69. The molecule has 1 fully saturated rings. The van der Waals surface area contributed by atoms with Gasteiger partial charge in [0.05, 0.1) is 13.2 Å². The number of nitrogens with zero attached hydrogens (tertiary/aromatic N) is 1. The molecule has 1 aromatic carbocycles. The first-order valence-corrected chi connectivity index (χ1v) is 8.99. The Labute approximate surface area is 152 Å². The number of halogens is 3. The molecule has 0 spiro atoms. The van der Waals surface area contributed by atoms with Crippen LogP contribution in [-0.4, -0.2) is 77.8 Å². The Morgan fingerprint density at radius 3 is 2.48 bits per heavy atom. The molecule has 0 saturated carbocycles. The van der Waals surface area contributed by atoms with Gasteiger partial charge in [0.15, 0.2) is 0 Å². The molecule has 0 unspecified atom stereocenters. The van der Waals surface area contributed by atoms with Gasteiger partial charge in [0.2, 0.25) is 0 Å². The monoisotopic (exact) mass is 414 g/mol. The van der Waals surface area contributed by atoms with Crippen molar-refractivity contribution in [2.24, 2.45) is 0 Å². The number of ether oxygens (including phenoxy) is 1. The minimum atomic E-state index is -5.66. The fourth-order valence-corrected chi connectivity index (χ4v) is 2.97. The summed E-state index contributed by atoms with van der Waals surface area (Å²) >= 11 is 0. The van der Waals surface area contributed by atoms with Crippen molar-refractivity contribution < 1.29 is 46.5 Å². The smallest absolute Gasteiger partial charge is 0.387 e. The molecule has 1 heterocycles. The summed E-state index contributed by atoms with van der Waals surface area (Å²) < 4.78 is 65.0. The van der Waals surface area contributed by atoms with Crippen molar-refractivity contribution >= 4 is 15.9 Å². The van der Waals surface area contributed by atoms with Crippen LogP contribution in [-0.2, 0) is 14.8 Å². The number of sulfonamides is 1. The van der Waals surface area contributed by atoms with Gasteiger partial charge < -0.3 is 14.9 Å². The summed E-state index contributed by atoms with van der Waals surface area (Å²) in [5.41, 5.74) is -7.67. The first-order chi connectivity index (χ1) is 12.4. The van der Waals surface area contributed by atoms with Crippen LogP contribution in [0, 0.1) is 0 Å². The molecule has 0 aliphatic carbocycles. The van der Waals surface area contributed by atoms with Gasteiger partial charge in [0.25, 0.3) is 5.91 Å². The molecule has 0 aromatic heterocycles. The second-order valence-corrected chi connectivity index (χ2v) is 7.68. The molecule has 4 N–H and O–H groups in total. The molecule has 13 heteroatoms. The zero-order valence-corrected chi connectivity index (χ0v) is 14.4. The number of nitrogens with one attached hydrogen (secondary N) is 1. The van der Waals surface area contributed by atoms with Crippen LogP contribution in [0.5, 0.6) is 0 Å². The summed E-state index contributed by atoms with van der Waals surface area (Å²) in [6.07, 6.45) is -3.39. The number of carbonyl (C=O) groups excluding carboxylic acids is 1. The van der Waals surface area contributed by atoms with Crippen LogP contribution >= 0.6 is 0 Å². The Morgan fingerprint density at radius 1 is 1.33 bits per heavy atom. The first-order valence-electron chi connectivity index (χ1n) is 7.51. The summed E-state index contributed by atoms with van der Waals surface area (Å²) in [5.74, 6) is -0.891. The average Bonchev–Trinajstić information content (AvgIpc) is 2.87. The van der Waals surface area contributed by atoms with Crippen molar-refractivity contribution in [1.82, 2.24) is 9.79 Å². The van der Waals surface area contributed by atoms with Crippen LogP contribution < -0.4 is 4.72 Å². The van der Waals surface area contributed by atoms with E-state index in [1.807, 2.05) is 0 Å². The maximum Gasteiger partial charge on any atom is 0.511 e. The molecule has 0 bridgehead atoms. The number of hydroxylamine groups is 2. The topological polar surface area (TPSA) is 136 Å². The molecule has 1 aliphatic heterocycles. The number of aliphatic hydroxyl groups excluding tert-OH is 1. The van der Waals surface area contributed by atoms with E-state index in [4.69, 9.17) is 4.74 Å². The van der Waals surface area contributed by atoms with Gasteiger partial charge in [0.1, 0.15) is 17.8 Å². The van der Waals surface area contributed by atoms with E-state index in [1.54, 1.807) is 6.07 Å². The fourth-order valence-electron chi connectivity index (χ4n) is 2.42. The highest BCUT2D eigenvalue weighted by Crippen LogP contribution is 2.27. The Bertz CT molecular complexity index is 775. The number of hydrogen-bond acceptors (Lipinski definition) is 7. The zero-order chi connectivity index (χ0) is 20.5. The maximum atomic E-state index is 12.3. The van der Waals surface area contributed by atoms with Gasteiger partial charge in [-0.2, -0.15) is 13.2 Å². The Balaban J connectivity index is 2.00. The maximum absolute atomic E-state index is 12.3. The van der Waals surface area contributed by atoms with Crippen LogP contribution in [0.4, 0.5) is 13.2 Å². The Morgan fingerprint density at radius 2 is 1.93 bits per heavy atom. The van der Waals surface area contributed by atoms with Crippen LogP contribution in [0.15, 0.2) is 30.3 Å². The van der Waals surface area contributed by atoms with Crippen molar-refractivity contribution in [2.45, 2.75) is 23.3 Å². The van der Waals surface area contributed by atoms with E-state index < -0.39 is 58.9 Å². The predicted molar refractivity (Wildman–Crippen MR) is 82.9 cm³/mol. The van der Waals surface area contributed by atoms with Crippen molar-refractivity contribution in [3.63, 3.8) is 0 Å². The number of aliphatic hydroxyl groups is 2. The van der Waals surface area contributed by atoms with Crippen molar-refractivity contribution in [1.29, 1.82) is 0 Å². The third kappa shape index (κ3) is 4.75. The van der Waals surface area contributed by atoms with E-state index >= 15 is 0 Å². The molecule has 1 saturated heterocycles. The molecular weight excluding hydrogens is 397 g/mol. The molecule has 1 aromatic rings. The van der Waals surface area contributed by atoms with Gasteiger partial charge in [-0.25, -0.2) is 18.2 Å².